The maximum atomic E-state index is 11.7. The topological polar surface area (TPSA) is 95.5 Å². The van der Waals surface area contributed by atoms with Crippen LogP contribution in [0.25, 0.3) is 0 Å². The molecule has 3 N–H and O–H groups in total. The number of carbonyl (C=O) groups excluding carboxylic acids is 2. The van der Waals surface area contributed by atoms with Crippen LogP contribution < -0.4 is 10.6 Å². The Hall–Kier alpha value is -2.08. The normalized spacial score (nSPS) is 11.5. The number of carbonyl (C=O) groups is 3. The molecule has 0 saturated heterocycles. The van der Waals surface area contributed by atoms with Crippen LogP contribution in [0.2, 0.25) is 5.02 Å². The molecule has 0 saturated carbocycles. The summed E-state index contributed by atoms with van der Waals surface area (Å²) in [6, 6.07) is 5.24. The van der Waals surface area contributed by atoms with Gasteiger partial charge in [0.05, 0.1) is 6.54 Å². The maximum Gasteiger partial charge on any atom is 0.326 e. The van der Waals surface area contributed by atoms with Gasteiger partial charge >= 0.3 is 5.97 Å². The number of rotatable bonds is 6. The summed E-state index contributed by atoms with van der Waals surface area (Å²) in [6.45, 7) is 1.36. The Labute approximate surface area is 121 Å². The number of hydrogen-bond donors (Lipinski definition) is 3. The summed E-state index contributed by atoms with van der Waals surface area (Å²) in [6.07, 6.45) is 0.270. The fraction of sp³-hybridized carbons (Fsp3) is 0.308. The van der Waals surface area contributed by atoms with Crippen LogP contribution in [0.15, 0.2) is 24.3 Å². The van der Waals surface area contributed by atoms with Gasteiger partial charge in [-0.25, -0.2) is 4.79 Å². The Morgan fingerprint density at radius 2 is 1.85 bits per heavy atom. The van der Waals surface area contributed by atoms with Crippen molar-refractivity contribution >= 4 is 29.4 Å². The molecule has 0 fully saturated rings. The summed E-state index contributed by atoms with van der Waals surface area (Å²) in [5.74, 6) is -2.09. The first-order valence-electron chi connectivity index (χ1n) is 6.00. The van der Waals surface area contributed by atoms with E-state index in [2.05, 4.69) is 10.6 Å². The molecule has 1 atom stereocenters. The molecule has 0 bridgehead atoms. The van der Waals surface area contributed by atoms with E-state index in [4.69, 9.17) is 16.7 Å². The van der Waals surface area contributed by atoms with Gasteiger partial charge in [0.25, 0.3) is 5.91 Å². The third-order valence-corrected chi connectivity index (χ3v) is 2.81. The fourth-order valence-corrected chi connectivity index (χ4v) is 1.57. The largest absolute Gasteiger partial charge is 0.480 e. The van der Waals surface area contributed by atoms with Crippen LogP contribution in [-0.4, -0.2) is 35.5 Å². The standard InChI is InChI=1S/C13H15ClN2O4/c1-2-10(13(19)20)16-11(17)7-15-12(18)8-3-5-9(14)6-4-8/h3-6,10H,2,7H2,1H3,(H,15,18)(H,16,17)(H,19,20)/t10-/m1/s1. The smallest absolute Gasteiger partial charge is 0.326 e. The van der Waals surface area contributed by atoms with Gasteiger partial charge in [-0.2, -0.15) is 0 Å². The van der Waals surface area contributed by atoms with E-state index in [0.29, 0.717) is 10.6 Å². The molecule has 0 aliphatic carbocycles. The maximum absolute atomic E-state index is 11.7. The Morgan fingerprint density at radius 3 is 2.35 bits per heavy atom. The second kappa shape index (κ2) is 7.49. The number of carboxylic acids is 1. The SMILES string of the molecule is CC[C@@H](NC(=O)CNC(=O)c1ccc(Cl)cc1)C(=O)O. The molecule has 1 aromatic carbocycles. The first-order chi connectivity index (χ1) is 9.43. The zero-order valence-corrected chi connectivity index (χ0v) is 11.6. The lowest BCUT2D eigenvalue weighted by atomic mass is 10.2. The van der Waals surface area contributed by atoms with Crippen molar-refractivity contribution in [3.63, 3.8) is 0 Å². The van der Waals surface area contributed by atoms with Crippen molar-refractivity contribution in [1.29, 1.82) is 0 Å². The van der Waals surface area contributed by atoms with Gasteiger partial charge in [-0.15, -0.1) is 0 Å². The summed E-state index contributed by atoms with van der Waals surface area (Å²) in [5.41, 5.74) is 0.368. The van der Waals surface area contributed by atoms with Crippen LogP contribution in [-0.2, 0) is 9.59 Å². The molecular formula is C13H15ClN2O4. The molecule has 0 aliphatic heterocycles. The number of carboxylic acid groups (broad SMARTS) is 1. The number of hydrogen-bond acceptors (Lipinski definition) is 3. The van der Waals surface area contributed by atoms with Crippen LogP contribution in [0.3, 0.4) is 0 Å². The van der Waals surface area contributed by atoms with E-state index in [9.17, 15) is 14.4 Å². The van der Waals surface area contributed by atoms with E-state index in [0.717, 1.165) is 0 Å². The lowest BCUT2D eigenvalue weighted by Gasteiger charge is -2.12. The first kappa shape index (κ1) is 16.0. The average Bonchev–Trinajstić information content (AvgIpc) is 2.42. The summed E-state index contributed by atoms with van der Waals surface area (Å²) >= 11 is 5.70. The minimum Gasteiger partial charge on any atom is -0.480 e. The molecule has 0 unspecified atom stereocenters. The first-order valence-corrected chi connectivity index (χ1v) is 6.37. The van der Waals surface area contributed by atoms with Crippen molar-refractivity contribution in [2.75, 3.05) is 6.54 Å². The molecule has 108 valence electrons. The van der Waals surface area contributed by atoms with Crippen LogP contribution in [0.5, 0.6) is 0 Å². The van der Waals surface area contributed by atoms with Gasteiger partial charge < -0.3 is 15.7 Å². The fourth-order valence-electron chi connectivity index (χ4n) is 1.45. The van der Waals surface area contributed by atoms with Crippen molar-refractivity contribution in [3.8, 4) is 0 Å². The molecule has 1 rings (SSSR count). The highest BCUT2D eigenvalue weighted by atomic mass is 35.5. The Morgan fingerprint density at radius 1 is 1.25 bits per heavy atom. The highest BCUT2D eigenvalue weighted by molar-refractivity contribution is 6.30. The number of aliphatic carboxylic acids is 1. The summed E-state index contributed by atoms with van der Waals surface area (Å²) in [7, 11) is 0. The highest BCUT2D eigenvalue weighted by Crippen LogP contribution is 2.09. The molecule has 6 nitrogen and oxygen atoms in total. The Kier molecular flexibility index (Phi) is 5.99. The minimum absolute atomic E-state index is 0.270. The van der Waals surface area contributed by atoms with Crippen molar-refractivity contribution in [2.24, 2.45) is 0 Å². The van der Waals surface area contributed by atoms with E-state index in [1.807, 2.05) is 0 Å². The number of amides is 2. The third kappa shape index (κ3) is 4.89. The number of halogens is 1. The molecular weight excluding hydrogens is 284 g/mol. The third-order valence-electron chi connectivity index (χ3n) is 2.56. The van der Waals surface area contributed by atoms with Gasteiger partial charge in [0, 0.05) is 10.6 Å². The van der Waals surface area contributed by atoms with Crippen LogP contribution in [0.1, 0.15) is 23.7 Å². The van der Waals surface area contributed by atoms with E-state index in [1.165, 1.54) is 12.1 Å². The van der Waals surface area contributed by atoms with E-state index >= 15 is 0 Å². The molecule has 0 radical (unpaired) electrons. The second-order valence-electron chi connectivity index (χ2n) is 4.06. The average molecular weight is 299 g/mol. The van der Waals surface area contributed by atoms with E-state index < -0.39 is 23.8 Å². The van der Waals surface area contributed by atoms with Gasteiger partial charge in [0.2, 0.25) is 5.91 Å². The van der Waals surface area contributed by atoms with Gasteiger partial charge in [0.15, 0.2) is 0 Å². The number of benzene rings is 1. The van der Waals surface area contributed by atoms with Crippen LogP contribution >= 0.6 is 11.6 Å². The van der Waals surface area contributed by atoms with Crippen molar-refractivity contribution in [2.45, 2.75) is 19.4 Å². The Balaban J connectivity index is 2.46. The lowest BCUT2D eigenvalue weighted by Crippen LogP contribution is -2.45. The molecule has 20 heavy (non-hydrogen) atoms. The molecule has 0 aromatic heterocycles. The minimum atomic E-state index is -1.11. The summed E-state index contributed by atoms with van der Waals surface area (Å²) < 4.78 is 0. The highest BCUT2D eigenvalue weighted by Gasteiger charge is 2.17. The predicted octanol–water partition coefficient (Wildman–Crippen LogP) is 1.05. The van der Waals surface area contributed by atoms with Crippen LogP contribution in [0, 0.1) is 0 Å². The monoisotopic (exact) mass is 298 g/mol. The molecule has 0 spiro atoms. The molecule has 0 heterocycles. The molecule has 0 aliphatic rings. The van der Waals surface area contributed by atoms with Crippen molar-refractivity contribution < 1.29 is 19.5 Å². The summed E-state index contributed by atoms with van der Waals surface area (Å²) in [5, 5.41) is 14.0. The predicted molar refractivity (Wildman–Crippen MR) is 73.6 cm³/mol. The zero-order chi connectivity index (χ0) is 15.1. The molecule has 2 amide bonds. The van der Waals surface area contributed by atoms with Crippen molar-refractivity contribution in [3.05, 3.63) is 34.9 Å². The lowest BCUT2D eigenvalue weighted by molar-refractivity contribution is -0.141. The van der Waals surface area contributed by atoms with Crippen molar-refractivity contribution in [1.82, 2.24) is 10.6 Å². The van der Waals surface area contributed by atoms with Gasteiger partial charge in [0.1, 0.15) is 6.04 Å². The number of nitrogens with one attached hydrogen (secondary N) is 2. The van der Waals surface area contributed by atoms with E-state index in [1.54, 1.807) is 19.1 Å². The Bertz CT molecular complexity index is 502. The van der Waals surface area contributed by atoms with Crippen LogP contribution in [0.4, 0.5) is 0 Å². The van der Waals surface area contributed by atoms with Gasteiger partial charge in [-0.05, 0) is 30.7 Å². The second-order valence-corrected chi connectivity index (χ2v) is 4.49. The summed E-state index contributed by atoms with van der Waals surface area (Å²) in [4.78, 5) is 33.9. The molecule has 7 heteroatoms. The quantitative estimate of drug-likeness (QED) is 0.731. The van der Waals surface area contributed by atoms with E-state index in [-0.39, 0.29) is 13.0 Å². The molecule has 1 aromatic rings. The van der Waals surface area contributed by atoms with Gasteiger partial charge in [-0.3, -0.25) is 9.59 Å². The zero-order valence-electron chi connectivity index (χ0n) is 10.9. The van der Waals surface area contributed by atoms with Gasteiger partial charge in [-0.1, -0.05) is 18.5 Å².